The fraction of sp³-hybridized carbons (Fsp3) is 0.263. The molecule has 0 amide bonds. The lowest BCUT2D eigenvalue weighted by Gasteiger charge is -2.10. The van der Waals surface area contributed by atoms with Gasteiger partial charge in [0, 0.05) is 20.9 Å². The third-order valence-electron chi connectivity index (χ3n) is 4.12. The number of hydrogen-bond donors (Lipinski definition) is 0. The Morgan fingerprint density at radius 2 is 1.78 bits per heavy atom. The van der Waals surface area contributed by atoms with Gasteiger partial charge in [-0.15, -0.1) is 0 Å². The Bertz CT molecular complexity index is 1070. The van der Waals surface area contributed by atoms with Crippen LogP contribution in [0.1, 0.15) is 5.56 Å². The van der Waals surface area contributed by atoms with Gasteiger partial charge in [-0.05, 0) is 61.2 Å². The van der Waals surface area contributed by atoms with Crippen LogP contribution in [-0.2, 0) is 10.0 Å². The first kappa shape index (κ1) is 20.4. The average Bonchev–Trinajstić information content (AvgIpc) is 2.94. The smallest absolute Gasteiger partial charge is 0.268 e. The molecule has 1 aromatic heterocycles. The first-order valence-corrected chi connectivity index (χ1v) is 11.3. The predicted molar refractivity (Wildman–Crippen MR) is 115 cm³/mol. The first-order valence-electron chi connectivity index (χ1n) is 8.30. The Morgan fingerprint density at radius 3 is 2.41 bits per heavy atom. The Labute approximate surface area is 176 Å². The molecule has 1 heterocycles. The number of rotatable bonds is 6. The highest BCUT2D eigenvalue weighted by atomic mass is 79.9. The van der Waals surface area contributed by atoms with Crippen molar-refractivity contribution in [2.24, 2.45) is 0 Å². The maximum atomic E-state index is 13.3. The van der Waals surface area contributed by atoms with Crippen molar-refractivity contribution >= 4 is 52.8 Å². The van der Waals surface area contributed by atoms with Crippen LogP contribution in [0.5, 0.6) is 5.75 Å². The third-order valence-corrected chi connectivity index (χ3v) is 6.86. The van der Waals surface area contributed by atoms with Crippen molar-refractivity contribution in [3.05, 3.63) is 57.1 Å². The molecule has 2 aromatic carbocycles. The quantitative estimate of drug-likeness (QED) is 0.479. The summed E-state index contributed by atoms with van der Waals surface area (Å²) < 4.78 is 35.2. The summed E-state index contributed by atoms with van der Waals surface area (Å²) in [6.45, 7) is 3.11. The SMILES string of the molecule is Cc1ccc(S(=O)(=O)n2cc(OCCN(C)C)c3cc(Br)cc(Br)c32)cc1. The van der Waals surface area contributed by atoms with Crippen LogP contribution in [0.25, 0.3) is 10.9 Å². The Hall–Kier alpha value is -1.35. The molecule has 3 aromatic rings. The monoisotopic (exact) mass is 514 g/mol. The van der Waals surface area contributed by atoms with Crippen LogP contribution in [0.2, 0.25) is 0 Å². The van der Waals surface area contributed by atoms with Crippen LogP contribution in [0.15, 0.2) is 56.4 Å². The molecular weight excluding hydrogens is 496 g/mol. The molecule has 27 heavy (non-hydrogen) atoms. The molecular formula is C19H20Br2N2O3S. The highest BCUT2D eigenvalue weighted by Crippen LogP contribution is 2.38. The number of benzene rings is 2. The molecule has 8 heteroatoms. The largest absolute Gasteiger partial charge is 0.490 e. The van der Waals surface area contributed by atoms with Crippen molar-refractivity contribution in [3.63, 3.8) is 0 Å². The first-order chi connectivity index (χ1) is 12.7. The normalized spacial score (nSPS) is 12.1. The molecule has 0 saturated carbocycles. The number of fused-ring (bicyclic) bond motifs is 1. The van der Waals surface area contributed by atoms with Crippen molar-refractivity contribution in [1.29, 1.82) is 0 Å². The molecule has 0 atom stereocenters. The molecule has 0 unspecified atom stereocenters. The number of aromatic nitrogens is 1. The van der Waals surface area contributed by atoms with E-state index in [2.05, 4.69) is 31.9 Å². The summed E-state index contributed by atoms with van der Waals surface area (Å²) in [5, 5.41) is 0.727. The molecule has 0 fully saturated rings. The van der Waals surface area contributed by atoms with Gasteiger partial charge in [0.1, 0.15) is 12.4 Å². The Morgan fingerprint density at radius 1 is 1.11 bits per heavy atom. The van der Waals surface area contributed by atoms with Gasteiger partial charge in [-0.2, -0.15) is 0 Å². The van der Waals surface area contributed by atoms with Crippen molar-refractivity contribution in [1.82, 2.24) is 8.87 Å². The van der Waals surface area contributed by atoms with Crippen LogP contribution < -0.4 is 4.74 Å². The zero-order valence-electron chi connectivity index (χ0n) is 15.2. The van der Waals surface area contributed by atoms with E-state index in [1.807, 2.05) is 38.1 Å². The molecule has 0 radical (unpaired) electrons. The molecule has 144 valence electrons. The van der Waals surface area contributed by atoms with Gasteiger partial charge in [0.2, 0.25) is 0 Å². The number of halogens is 2. The van der Waals surface area contributed by atoms with Gasteiger partial charge in [-0.1, -0.05) is 33.6 Å². The molecule has 0 N–H and O–H groups in total. The van der Waals surface area contributed by atoms with Gasteiger partial charge in [-0.3, -0.25) is 0 Å². The highest BCUT2D eigenvalue weighted by Gasteiger charge is 2.24. The molecule has 0 aliphatic heterocycles. The molecule has 0 saturated heterocycles. The van der Waals surface area contributed by atoms with Gasteiger partial charge in [-0.25, -0.2) is 12.4 Å². The maximum absolute atomic E-state index is 13.3. The van der Waals surface area contributed by atoms with Gasteiger partial charge >= 0.3 is 0 Å². The van der Waals surface area contributed by atoms with Gasteiger partial charge < -0.3 is 9.64 Å². The summed E-state index contributed by atoms with van der Waals surface area (Å²) in [4.78, 5) is 2.24. The van der Waals surface area contributed by atoms with Crippen LogP contribution >= 0.6 is 31.9 Å². The van der Waals surface area contributed by atoms with E-state index in [-0.39, 0.29) is 4.90 Å². The lowest BCUT2D eigenvalue weighted by molar-refractivity contribution is 0.263. The molecule has 5 nitrogen and oxygen atoms in total. The fourth-order valence-corrected chi connectivity index (χ4v) is 5.60. The van der Waals surface area contributed by atoms with Crippen LogP contribution in [0.4, 0.5) is 0 Å². The summed E-state index contributed by atoms with van der Waals surface area (Å²) in [6.07, 6.45) is 1.55. The molecule has 0 aliphatic carbocycles. The number of aryl methyl sites for hydroxylation is 1. The Kier molecular flexibility index (Phi) is 6.00. The molecule has 0 spiro atoms. The number of nitrogens with zero attached hydrogens (tertiary/aromatic N) is 2. The Balaban J connectivity index is 2.16. The zero-order valence-corrected chi connectivity index (χ0v) is 19.2. The van der Waals surface area contributed by atoms with E-state index >= 15 is 0 Å². The van der Waals surface area contributed by atoms with E-state index in [1.165, 1.54) is 3.97 Å². The second-order valence-electron chi connectivity index (χ2n) is 6.54. The summed E-state index contributed by atoms with van der Waals surface area (Å²) in [5.74, 6) is 0.532. The minimum Gasteiger partial charge on any atom is -0.490 e. The maximum Gasteiger partial charge on any atom is 0.268 e. The second-order valence-corrected chi connectivity index (χ2v) is 10.1. The number of likely N-dealkylation sites (N-methyl/N-ethyl adjacent to an activating group) is 1. The van der Waals surface area contributed by atoms with Crippen molar-refractivity contribution in [2.75, 3.05) is 27.2 Å². The minimum absolute atomic E-state index is 0.236. The van der Waals surface area contributed by atoms with E-state index in [9.17, 15) is 8.42 Å². The van der Waals surface area contributed by atoms with E-state index < -0.39 is 10.0 Å². The van der Waals surface area contributed by atoms with E-state index in [4.69, 9.17) is 4.74 Å². The average molecular weight is 516 g/mol. The lowest BCUT2D eigenvalue weighted by atomic mass is 10.2. The van der Waals surface area contributed by atoms with Crippen LogP contribution in [0, 0.1) is 6.92 Å². The van der Waals surface area contributed by atoms with Crippen LogP contribution in [-0.4, -0.2) is 44.5 Å². The molecule has 0 aliphatic rings. The molecule has 3 rings (SSSR count). The number of hydrogen-bond acceptors (Lipinski definition) is 4. The molecule has 0 bridgehead atoms. The van der Waals surface area contributed by atoms with E-state index in [0.29, 0.717) is 22.3 Å². The standard InChI is InChI=1S/C19H20Br2N2O3S/c1-13-4-6-15(7-5-13)27(24,25)23-12-18(26-9-8-22(2)3)16-10-14(20)11-17(21)19(16)23/h4-7,10-12H,8-9H2,1-3H3. The minimum atomic E-state index is -3.76. The highest BCUT2D eigenvalue weighted by molar-refractivity contribution is 9.11. The summed E-state index contributed by atoms with van der Waals surface area (Å²) >= 11 is 6.97. The predicted octanol–water partition coefficient (Wildman–Crippen LogP) is 4.65. The number of ether oxygens (including phenoxy) is 1. The van der Waals surface area contributed by atoms with Gasteiger partial charge in [0.05, 0.1) is 16.6 Å². The summed E-state index contributed by atoms with van der Waals surface area (Å²) in [5.41, 5.74) is 1.56. The van der Waals surface area contributed by atoms with Crippen LogP contribution in [0.3, 0.4) is 0 Å². The van der Waals surface area contributed by atoms with E-state index in [1.54, 1.807) is 30.5 Å². The van der Waals surface area contributed by atoms with Gasteiger partial charge in [0.15, 0.2) is 0 Å². The zero-order chi connectivity index (χ0) is 19.8. The van der Waals surface area contributed by atoms with Gasteiger partial charge in [0.25, 0.3) is 10.0 Å². The van der Waals surface area contributed by atoms with Crippen molar-refractivity contribution in [3.8, 4) is 5.75 Å². The summed E-state index contributed by atoms with van der Waals surface area (Å²) in [7, 11) is 0.163. The van der Waals surface area contributed by atoms with Crippen molar-refractivity contribution in [2.45, 2.75) is 11.8 Å². The topological polar surface area (TPSA) is 51.5 Å². The fourth-order valence-electron chi connectivity index (χ4n) is 2.68. The lowest BCUT2D eigenvalue weighted by Crippen LogP contribution is -2.19. The second kappa shape index (κ2) is 7.95. The van der Waals surface area contributed by atoms with E-state index in [0.717, 1.165) is 22.0 Å². The summed E-state index contributed by atoms with van der Waals surface area (Å²) in [6, 6.07) is 10.5. The van der Waals surface area contributed by atoms with Crippen molar-refractivity contribution < 1.29 is 13.2 Å². The third kappa shape index (κ3) is 4.23.